The van der Waals surface area contributed by atoms with Gasteiger partial charge in [0.2, 0.25) is 0 Å². The lowest BCUT2D eigenvalue weighted by Gasteiger charge is -2.23. The first kappa shape index (κ1) is 11.0. The summed E-state index contributed by atoms with van der Waals surface area (Å²) >= 11 is 0. The van der Waals surface area contributed by atoms with E-state index in [0.29, 0.717) is 25.9 Å². The van der Waals surface area contributed by atoms with Gasteiger partial charge in [-0.15, -0.1) is 0 Å². The molecule has 0 aliphatic carbocycles. The Balaban J connectivity index is 2.65. The van der Waals surface area contributed by atoms with E-state index in [4.69, 9.17) is 5.26 Å². The fraction of sp³-hybridized carbons (Fsp3) is 0.800. The summed E-state index contributed by atoms with van der Waals surface area (Å²) in [5, 5.41) is 17.7. The van der Waals surface area contributed by atoms with Crippen LogP contribution in [0.2, 0.25) is 0 Å². The van der Waals surface area contributed by atoms with Gasteiger partial charge in [-0.1, -0.05) is 13.3 Å². The Hall–Kier alpha value is -1.08. The van der Waals surface area contributed by atoms with Crippen molar-refractivity contribution in [2.45, 2.75) is 26.2 Å². The predicted molar refractivity (Wildman–Crippen MR) is 51.6 cm³/mol. The highest BCUT2D eigenvalue weighted by Crippen LogP contribution is 2.35. The molecule has 0 saturated carbocycles. The molecule has 4 nitrogen and oxygen atoms in total. The van der Waals surface area contributed by atoms with Crippen molar-refractivity contribution < 1.29 is 9.90 Å². The second-order valence-electron chi connectivity index (χ2n) is 3.95. The summed E-state index contributed by atoms with van der Waals surface area (Å²) in [7, 11) is 0. The van der Waals surface area contributed by atoms with Crippen molar-refractivity contribution in [2.75, 3.05) is 19.6 Å². The van der Waals surface area contributed by atoms with Gasteiger partial charge >= 0.3 is 5.97 Å². The molecule has 0 aromatic heterocycles. The number of likely N-dealkylation sites (tertiary alicyclic amines) is 1. The van der Waals surface area contributed by atoms with E-state index in [1.165, 1.54) is 0 Å². The van der Waals surface area contributed by atoms with Crippen LogP contribution in [-0.4, -0.2) is 35.6 Å². The zero-order valence-corrected chi connectivity index (χ0v) is 8.49. The summed E-state index contributed by atoms with van der Waals surface area (Å²) in [6.07, 6.45) is 2.27. The summed E-state index contributed by atoms with van der Waals surface area (Å²) < 4.78 is 0. The first-order valence-electron chi connectivity index (χ1n) is 4.97. The number of carboxylic acid groups (broad SMARTS) is 1. The van der Waals surface area contributed by atoms with Crippen LogP contribution in [0, 0.1) is 16.7 Å². The predicted octanol–water partition coefficient (Wildman–Crippen LogP) is 1.09. The molecule has 0 aromatic carbocycles. The summed E-state index contributed by atoms with van der Waals surface area (Å²) in [6.45, 7) is 3.61. The summed E-state index contributed by atoms with van der Waals surface area (Å²) in [5.41, 5.74) is -0.592. The van der Waals surface area contributed by atoms with E-state index in [1.807, 2.05) is 11.8 Å². The molecule has 0 aromatic rings. The lowest BCUT2D eigenvalue weighted by atomic mass is 9.83. The minimum absolute atomic E-state index is 0.346. The highest BCUT2D eigenvalue weighted by atomic mass is 16.4. The van der Waals surface area contributed by atoms with Crippen molar-refractivity contribution in [3.8, 4) is 6.07 Å². The molecule has 1 atom stereocenters. The molecule has 1 saturated heterocycles. The second kappa shape index (κ2) is 4.43. The lowest BCUT2D eigenvalue weighted by Crippen LogP contribution is -2.34. The van der Waals surface area contributed by atoms with Crippen LogP contribution in [0.5, 0.6) is 0 Å². The molecule has 1 heterocycles. The SMILES string of the molecule is CCCC1(C(=O)O)CCN(CC#N)C1. The second-order valence-corrected chi connectivity index (χ2v) is 3.95. The molecule has 0 amide bonds. The van der Waals surface area contributed by atoms with Gasteiger partial charge in [0.05, 0.1) is 18.0 Å². The first-order valence-corrected chi connectivity index (χ1v) is 4.97. The Morgan fingerprint density at radius 2 is 2.43 bits per heavy atom. The van der Waals surface area contributed by atoms with Crippen LogP contribution in [0.1, 0.15) is 26.2 Å². The first-order chi connectivity index (χ1) is 6.64. The average molecular weight is 196 g/mol. The molecule has 1 N–H and O–H groups in total. The smallest absolute Gasteiger partial charge is 0.310 e. The number of aliphatic carboxylic acids is 1. The Morgan fingerprint density at radius 1 is 1.71 bits per heavy atom. The standard InChI is InChI=1S/C10H16N2O2/c1-2-3-10(9(13)14)4-6-12(8-10)7-5-11/h2-4,6-8H2,1H3,(H,13,14). The monoisotopic (exact) mass is 196 g/mol. The molecule has 0 radical (unpaired) electrons. The Morgan fingerprint density at radius 3 is 2.93 bits per heavy atom. The van der Waals surface area contributed by atoms with Crippen LogP contribution in [0.25, 0.3) is 0 Å². The van der Waals surface area contributed by atoms with E-state index >= 15 is 0 Å². The molecule has 0 spiro atoms. The third kappa shape index (κ3) is 2.05. The number of nitrogens with zero attached hydrogens (tertiary/aromatic N) is 2. The normalized spacial score (nSPS) is 27.4. The maximum atomic E-state index is 11.2. The summed E-state index contributed by atoms with van der Waals surface area (Å²) in [5.74, 6) is -0.709. The van der Waals surface area contributed by atoms with Gasteiger partial charge in [-0.2, -0.15) is 5.26 Å². The van der Waals surface area contributed by atoms with Gasteiger partial charge in [0.1, 0.15) is 0 Å². The summed E-state index contributed by atoms with van der Waals surface area (Å²) in [4.78, 5) is 13.1. The van der Waals surface area contributed by atoms with E-state index in [0.717, 1.165) is 13.0 Å². The molecule has 1 rings (SSSR count). The van der Waals surface area contributed by atoms with Crippen LogP contribution in [0.15, 0.2) is 0 Å². The Bertz CT molecular complexity index is 259. The van der Waals surface area contributed by atoms with E-state index in [9.17, 15) is 9.90 Å². The third-order valence-electron chi connectivity index (χ3n) is 2.91. The van der Waals surface area contributed by atoms with Crippen LogP contribution in [0.4, 0.5) is 0 Å². The van der Waals surface area contributed by atoms with Crippen molar-refractivity contribution in [1.29, 1.82) is 5.26 Å². The fourth-order valence-corrected chi connectivity index (χ4v) is 2.16. The Labute approximate surface area is 84.1 Å². The number of hydrogen-bond donors (Lipinski definition) is 1. The largest absolute Gasteiger partial charge is 0.481 e. The fourth-order valence-electron chi connectivity index (χ4n) is 2.16. The molecule has 1 unspecified atom stereocenters. The molecule has 1 fully saturated rings. The minimum atomic E-state index is -0.709. The topological polar surface area (TPSA) is 64.3 Å². The van der Waals surface area contributed by atoms with Gasteiger partial charge in [0.25, 0.3) is 0 Å². The van der Waals surface area contributed by atoms with E-state index < -0.39 is 11.4 Å². The maximum Gasteiger partial charge on any atom is 0.310 e. The van der Waals surface area contributed by atoms with Gasteiger partial charge in [-0.3, -0.25) is 9.69 Å². The zero-order valence-electron chi connectivity index (χ0n) is 8.49. The lowest BCUT2D eigenvalue weighted by molar-refractivity contribution is -0.148. The number of hydrogen-bond acceptors (Lipinski definition) is 3. The van der Waals surface area contributed by atoms with Crippen LogP contribution >= 0.6 is 0 Å². The van der Waals surface area contributed by atoms with Gasteiger partial charge in [-0.05, 0) is 12.8 Å². The molecule has 14 heavy (non-hydrogen) atoms. The maximum absolute atomic E-state index is 11.2. The van der Waals surface area contributed by atoms with Gasteiger partial charge < -0.3 is 5.11 Å². The summed E-state index contributed by atoms with van der Waals surface area (Å²) in [6, 6.07) is 2.06. The highest BCUT2D eigenvalue weighted by molar-refractivity contribution is 5.75. The van der Waals surface area contributed by atoms with Crippen molar-refractivity contribution in [3.63, 3.8) is 0 Å². The number of carbonyl (C=O) groups is 1. The quantitative estimate of drug-likeness (QED) is 0.683. The highest BCUT2D eigenvalue weighted by Gasteiger charge is 2.43. The van der Waals surface area contributed by atoms with Crippen LogP contribution in [0.3, 0.4) is 0 Å². The van der Waals surface area contributed by atoms with Crippen LogP contribution in [-0.2, 0) is 4.79 Å². The molecule has 1 aliphatic rings. The molecule has 4 heteroatoms. The molecule has 0 bridgehead atoms. The van der Waals surface area contributed by atoms with Crippen molar-refractivity contribution in [3.05, 3.63) is 0 Å². The van der Waals surface area contributed by atoms with E-state index in [1.54, 1.807) is 0 Å². The van der Waals surface area contributed by atoms with Crippen LogP contribution < -0.4 is 0 Å². The number of nitriles is 1. The van der Waals surface area contributed by atoms with Crippen molar-refractivity contribution >= 4 is 5.97 Å². The molecular weight excluding hydrogens is 180 g/mol. The zero-order chi connectivity index (χ0) is 10.6. The molecule has 1 aliphatic heterocycles. The van der Waals surface area contributed by atoms with E-state index in [2.05, 4.69) is 6.07 Å². The molecule has 78 valence electrons. The average Bonchev–Trinajstić information content (AvgIpc) is 2.51. The number of carboxylic acids is 1. The van der Waals surface area contributed by atoms with Gasteiger partial charge in [0.15, 0.2) is 0 Å². The molecular formula is C10H16N2O2. The van der Waals surface area contributed by atoms with Crippen molar-refractivity contribution in [2.24, 2.45) is 5.41 Å². The number of rotatable bonds is 4. The van der Waals surface area contributed by atoms with E-state index in [-0.39, 0.29) is 0 Å². The van der Waals surface area contributed by atoms with Crippen molar-refractivity contribution in [1.82, 2.24) is 4.90 Å². The van der Waals surface area contributed by atoms with Gasteiger partial charge in [-0.25, -0.2) is 0 Å². The third-order valence-corrected chi connectivity index (χ3v) is 2.91. The van der Waals surface area contributed by atoms with Gasteiger partial charge in [0, 0.05) is 13.1 Å². The minimum Gasteiger partial charge on any atom is -0.481 e. The Kier molecular flexibility index (Phi) is 3.48.